The average molecular weight is 265 g/mol. The van der Waals surface area contributed by atoms with Crippen LogP contribution in [0.15, 0.2) is 41.3 Å². The maximum Gasteiger partial charge on any atom is 0.331 e. The number of benzene rings is 1. The van der Waals surface area contributed by atoms with Crippen LogP contribution in [0.1, 0.15) is 24.1 Å². The number of fused-ring (bicyclic) bond motifs is 3. The lowest BCUT2D eigenvalue weighted by Gasteiger charge is -2.15. The van der Waals surface area contributed by atoms with Crippen molar-refractivity contribution in [2.75, 3.05) is 0 Å². The Morgan fingerprint density at radius 2 is 1.90 bits per heavy atom. The highest BCUT2D eigenvalue weighted by atomic mass is 16.1. The number of hydrogen-bond acceptors (Lipinski definition) is 2. The summed E-state index contributed by atoms with van der Waals surface area (Å²) in [5, 5.41) is 0. The van der Waals surface area contributed by atoms with Crippen molar-refractivity contribution >= 4 is 5.65 Å². The van der Waals surface area contributed by atoms with Gasteiger partial charge < -0.3 is 4.98 Å². The molecule has 20 heavy (non-hydrogen) atoms. The van der Waals surface area contributed by atoms with Crippen molar-refractivity contribution in [3.63, 3.8) is 0 Å². The predicted molar refractivity (Wildman–Crippen MR) is 77.9 cm³/mol. The van der Waals surface area contributed by atoms with Gasteiger partial charge in [-0.1, -0.05) is 30.3 Å². The van der Waals surface area contributed by atoms with Crippen molar-refractivity contribution in [1.29, 1.82) is 0 Å². The smallest absolute Gasteiger partial charge is 0.311 e. The van der Waals surface area contributed by atoms with Crippen molar-refractivity contribution in [3.8, 4) is 11.3 Å². The van der Waals surface area contributed by atoms with Crippen LogP contribution in [0, 0.1) is 0 Å². The SMILES string of the molecule is O=c1[nH]c2c(c3nc(-c4ccccc4)cn13)CCCC2. The molecule has 0 saturated carbocycles. The van der Waals surface area contributed by atoms with E-state index in [0.29, 0.717) is 0 Å². The molecule has 1 N–H and O–H groups in total. The lowest BCUT2D eigenvalue weighted by atomic mass is 9.97. The van der Waals surface area contributed by atoms with Crippen LogP contribution in [0.2, 0.25) is 0 Å². The summed E-state index contributed by atoms with van der Waals surface area (Å²) in [5.74, 6) is 0. The molecule has 0 atom stereocenters. The largest absolute Gasteiger partial charge is 0.331 e. The molecular formula is C16H15N3O. The summed E-state index contributed by atoms with van der Waals surface area (Å²) in [7, 11) is 0. The molecule has 0 saturated heterocycles. The van der Waals surface area contributed by atoms with Crippen LogP contribution < -0.4 is 5.69 Å². The summed E-state index contributed by atoms with van der Waals surface area (Å²) in [4.78, 5) is 19.9. The molecule has 2 heterocycles. The van der Waals surface area contributed by atoms with E-state index >= 15 is 0 Å². The second-order valence-electron chi connectivity index (χ2n) is 5.28. The highest BCUT2D eigenvalue weighted by Gasteiger charge is 2.17. The van der Waals surface area contributed by atoms with E-state index < -0.39 is 0 Å². The number of nitrogens with zero attached hydrogens (tertiary/aromatic N) is 2. The molecule has 0 fully saturated rings. The van der Waals surface area contributed by atoms with Gasteiger partial charge in [-0.3, -0.25) is 4.40 Å². The van der Waals surface area contributed by atoms with Gasteiger partial charge in [0.1, 0.15) is 5.65 Å². The fourth-order valence-corrected chi connectivity index (χ4v) is 2.98. The maximum absolute atomic E-state index is 12.2. The number of aryl methyl sites for hydroxylation is 2. The second-order valence-corrected chi connectivity index (χ2v) is 5.28. The van der Waals surface area contributed by atoms with Crippen molar-refractivity contribution < 1.29 is 0 Å². The standard InChI is InChI=1S/C16H15N3O/c20-16-18-13-9-5-4-8-12(13)15-17-14(10-19(15)16)11-6-2-1-3-7-11/h1-3,6-7,10H,4-5,8-9H2,(H,18,20). The molecule has 0 radical (unpaired) electrons. The fourth-order valence-electron chi connectivity index (χ4n) is 2.98. The van der Waals surface area contributed by atoms with E-state index in [2.05, 4.69) is 4.98 Å². The van der Waals surface area contributed by atoms with Crippen LogP contribution in [-0.4, -0.2) is 14.4 Å². The van der Waals surface area contributed by atoms with Crippen molar-refractivity contribution in [2.24, 2.45) is 0 Å². The van der Waals surface area contributed by atoms with Crippen LogP contribution in [0.5, 0.6) is 0 Å². The third-order valence-electron chi connectivity index (χ3n) is 3.99. The van der Waals surface area contributed by atoms with Crippen molar-refractivity contribution in [1.82, 2.24) is 14.4 Å². The molecule has 100 valence electrons. The van der Waals surface area contributed by atoms with Crippen molar-refractivity contribution in [3.05, 3.63) is 58.3 Å². The number of aromatic amines is 1. The highest BCUT2D eigenvalue weighted by molar-refractivity contribution is 5.64. The first-order valence-electron chi connectivity index (χ1n) is 7.01. The van der Waals surface area contributed by atoms with E-state index in [0.717, 1.165) is 41.9 Å². The first-order valence-corrected chi connectivity index (χ1v) is 7.01. The number of nitrogens with one attached hydrogen (secondary N) is 1. The van der Waals surface area contributed by atoms with Gasteiger partial charge >= 0.3 is 5.69 Å². The summed E-state index contributed by atoms with van der Waals surface area (Å²) >= 11 is 0. The first kappa shape index (κ1) is 11.5. The normalized spacial score (nSPS) is 14.4. The number of imidazole rings is 1. The Bertz CT molecular complexity index is 830. The zero-order valence-corrected chi connectivity index (χ0v) is 11.1. The van der Waals surface area contributed by atoms with Crippen molar-refractivity contribution in [2.45, 2.75) is 25.7 Å². The Hall–Kier alpha value is -2.36. The van der Waals surface area contributed by atoms with E-state index in [1.807, 2.05) is 36.5 Å². The Balaban J connectivity index is 2.00. The average Bonchev–Trinajstić information content (AvgIpc) is 2.94. The maximum atomic E-state index is 12.2. The van der Waals surface area contributed by atoms with Gasteiger partial charge in [0.2, 0.25) is 0 Å². The predicted octanol–water partition coefficient (Wildman–Crippen LogP) is 2.57. The minimum atomic E-state index is -0.0877. The van der Waals surface area contributed by atoms with Crippen LogP contribution in [0.3, 0.4) is 0 Å². The van der Waals surface area contributed by atoms with E-state index in [1.54, 1.807) is 4.40 Å². The molecule has 0 bridgehead atoms. The minimum absolute atomic E-state index is 0.0877. The number of rotatable bonds is 1. The summed E-state index contributed by atoms with van der Waals surface area (Å²) in [5.41, 5.74) is 4.91. The molecular weight excluding hydrogens is 250 g/mol. The molecule has 4 heteroatoms. The van der Waals surface area contributed by atoms with Gasteiger partial charge in [0.05, 0.1) is 5.69 Å². The molecule has 1 aliphatic rings. The minimum Gasteiger partial charge on any atom is -0.311 e. The monoisotopic (exact) mass is 265 g/mol. The molecule has 1 aliphatic carbocycles. The van der Waals surface area contributed by atoms with E-state index in [1.165, 1.54) is 12.0 Å². The molecule has 0 unspecified atom stereocenters. The zero-order chi connectivity index (χ0) is 13.5. The van der Waals surface area contributed by atoms with Crippen LogP contribution in [-0.2, 0) is 12.8 Å². The summed E-state index contributed by atoms with van der Waals surface area (Å²) in [6.07, 6.45) is 6.10. The lowest BCUT2D eigenvalue weighted by molar-refractivity contribution is 0.659. The number of hydrogen-bond donors (Lipinski definition) is 1. The van der Waals surface area contributed by atoms with Crippen LogP contribution in [0.4, 0.5) is 0 Å². The lowest BCUT2D eigenvalue weighted by Crippen LogP contribution is -2.21. The molecule has 4 rings (SSSR count). The van der Waals surface area contributed by atoms with Gasteiger partial charge in [-0.05, 0) is 25.7 Å². The van der Waals surface area contributed by atoms with E-state index in [4.69, 9.17) is 4.98 Å². The number of aromatic nitrogens is 3. The van der Waals surface area contributed by atoms with Gasteiger partial charge in [0.15, 0.2) is 0 Å². The van der Waals surface area contributed by atoms with E-state index in [9.17, 15) is 4.79 Å². The molecule has 4 nitrogen and oxygen atoms in total. The van der Waals surface area contributed by atoms with Gasteiger partial charge in [-0.2, -0.15) is 0 Å². The third kappa shape index (κ3) is 1.68. The summed E-state index contributed by atoms with van der Waals surface area (Å²) in [6.45, 7) is 0. The van der Waals surface area contributed by atoms with E-state index in [-0.39, 0.29) is 5.69 Å². The fraction of sp³-hybridized carbons (Fsp3) is 0.250. The van der Waals surface area contributed by atoms with Crippen LogP contribution in [0.25, 0.3) is 16.9 Å². The zero-order valence-electron chi connectivity index (χ0n) is 11.1. The van der Waals surface area contributed by atoms with Gasteiger partial charge in [0, 0.05) is 23.0 Å². The molecule has 0 aliphatic heterocycles. The van der Waals surface area contributed by atoms with Gasteiger partial charge in [0.25, 0.3) is 0 Å². The quantitative estimate of drug-likeness (QED) is 0.735. The first-order chi connectivity index (χ1) is 9.83. The Morgan fingerprint density at radius 1 is 1.10 bits per heavy atom. The van der Waals surface area contributed by atoms with Gasteiger partial charge in [-0.25, -0.2) is 9.78 Å². The molecule has 3 aromatic rings. The van der Waals surface area contributed by atoms with Gasteiger partial charge in [-0.15, -0.1) is 0 Å². The Morgan fingerprint density at radius 3 is 2.75 bits per heavy atom. The second kappa shape index (κ2) is 4.34. The number of H-pyrrole nitrogens is 1. The highest BCUT2D eigenvalue weighted by Crippen LogP contribution is 2.24. The summed E-state index contributed by atoms with van der Waals surface area (Å²) in [6, 6.07) is 9.98. The third-order valence-corrected chi connectivity index (χ3v) is 3.99. The topological polar surface area (TPSA) is 50.2 Å². The molecule has 0 spiro atoms. The molecule has 0 amide bonds. The van der Waals surface area contributed by atoms with Crippen LogP contribution >= 0.6 is 0 Å². The Kier molecular flexibility index (Phi) is 2.49. The molecule has 2 aromatic heterocycles. The molecule has 1 aromatic carbocycles. The summed E-state index contributed by atoms with van der Waals surface area (Å²) < 4.78 is 1.65. The Labute approximate surface area is 116 Å².